The average Bonchev–Trinajstić information content (AvgIpc) is 2.38. The van der Waals surface area contributed by atoms with Crippen LogP contribution in [0, 0.1) is 5.82 Å². The molecule has 0 amide bonds. The van der Waals surface area contributed by atoms with Crippen LogP contribution in [0.2, 0.25) is 0 Å². The lowest BCUT2D eigenvalue weighted by Gasteiger charge is -2.06. The fraction of sp³-hybridized carbons (Fsp3) is 0. The van der Waals surface area contributed by atoms with E-state index < -0.39 is 0 Å². The van der Waals surface area contributed by atoms with Crippen LogP contribution < -0.4 is 10.7 Å². The molecule has 2 rings (SSSR count). The van der Waals surface area contributed by atoms with Crippen molar-refractivity contribution in [3.63, 3.8) is 0 Å². The van der Waals surface area contributed by atoms with Crippen molar-refractivity contribution in [2.75, 3.05) is 5.32 Å². The summed E-state index contributed by atoms with van der Waals surface area (Å²) in [7, 11) is 0. The number of rotatable bonds is 3. The fourth-order valence-electron chi connectivity index (χ4n) is 1.48. The van der Waals surface area contributed by atoms with E-state index in [4.69, 9.17) is 12.2 Å². The summed E-state index contributed by atoms with van der Waals surface area (Å²) >= 11 is 8.47. The third kappa shape index (κ3) is 4.71. The van der Waals surface area contributed by atoms with E-state index >= 15 is 0 Å². The highest BCUT2D eigenvalue weighted by atomic mass is 79.9. The van der Waals surface area contributed by atoms with Gasteiger partial charge in [-0.2, -0.15) is 5.10 Å². The monoisotopic (exact) mass is 351 g/mol. The summed E-state index contributed by atoms with van der Waals surface area (Å²) in [6.45, 7) is 0. The molecule has 0 saturated heterocycles. The summed E-state index contributed by atoms with van der Waals surface area (Å²) in [6.07, 6.45) is 1.50. The molecule has 0 aromatic heterocycles. The molecule has 0 saturated carbocycles. The van der Waals surface area contributed by atoms with Gasteiger partial charge < -0.3 is 5.32 Å². The maximum atomic E-state index is 13.0. The Balaban J connectivity index is 1.89. The van der Waals surface area contributed by atoms with E-state index in [1.54, 1.807) is 12.1 Å². The number of nitrogens with one attached hydrogen (secondary N) is 2. The molecule has 0 heterocycles. The smallest absolute Gasteiger partial charge is 0.191 e. The van der Waals surface area contributed by atoms with E-state index in [0.717, 1.165) is 10.2 Å². The SMILES string of the molecule is Fc1cccc(/C=N\NC(=S)Nc2cccc(Br)c2)c1. The molecule has 0 spiro atoms. The van der Waals surface area contributed by atoms with Crippen molar-refractivity contribution in [2.45, 2.75) is 0 Å². The molecule has 0 aliphatic carbocycles. The van der Waals surface area contributed by atoms with E-state index in [1.807, 2.05) is 24.3 Å². The Morgan fingerprint density at radius 2 is 2.00 bits per heavy atom. The Labute approximate surface area is 130 Å². The first-order valence-corrected chi connectivity index (χ1v) is 6.95. The van der Waals surface area contributed by atoms with E-state index in [0.29, 0.717) is 10.7 Å². The molecule has 0 fully saturated rings. The zero-order chi connectivity index (χ0) is 14.4. The summed E-state index contributed by atoms with van der Waals surface area (Å²) in [5.41, 5.74) is 4.17. The van der Waals surface area contributed by atoms with Crippen LogP contribution in [-0.2, 0) is 0 Å². The van der Waals surface area contributed by atoms with E-state index in [1.165, 1.54) is 18.3 Å². The van der Waals surface area contributed by atoms with Crippen molar-refractivity contribution in [3.05, 3.63) is 64.4 Å². The van der Waals surface area contributed by atoms with Gasteiger partial charge in [0.05, 0.1) is 6.21 Å². The highest BCUT2D eigenvalue weighted by Gasteiger charge is 1.96. The molecule has 2 aromatic rings. The number of hydrazone groups is 1. The number of benzene rings is 2. The predicted molar refractivity (Wildman–Crippen MR) is 87.5 cm³/mol. The minimum Gasteiger partial charge on any atom is -0.331 e. The van der Waals surface area contributed by atoms with Gasteiger partial charge in [0.1, 0.15) is 5.82 Å². The largest absolute Gasteiger partial charge is 0.331 e. The quantitative estimate of drug-likeness (QED) is 0.500. The predicted octanol–water partition coefficient (Wildman–Crippen LogP) is 3.91. The van der Waals surface area contributed by atoms with Crippen LogP contribution in [-0.4, -0.2) is 11.3 Å². The van der Waals surface area contributed by atoms with Crippen molar-refractivity contribution >= 4 is 45.2 Å². The lowest BCUT2D eigenvalue weighted by molar-refractivity contribution is 0.627. The fourth-order valence-corrected chi connectivity index (χ4v) is 2.05. The normalized spacial score (nSPS) is 10.5. The second kappa shape index (κ2) is 7.12. The van der Waals surface area contributed by atoms with Gasteiger partial charge in [-0.15, -0.1) is 0 Å². The Kier molecular flexibility index (Phi) is 5.20. The molecule has 6 heteroatoms. The number of hydrogen-bond acceptors (Lipinski definition) is 2. The van der Waals surface area contributed by atoms with Crippen LogP contribution in [0.15, 0.2) is 58.1 Å². The van der Waals surface area contributed by atoms with Gasteiger partial charge in [0.25, 0.3) is 0 Å². The van der Waals surface area contributed by atoms with Crippen LogP contribution >= 0.6 is 28.1 Å². The molecule has 2 aromatic carbocycles. The first-order chi connectivity index (χ1) is 9.63. The second-order valence-corrected chi connectivity index (χ2v) is 5.21. The molecule has 0 aliphatic rings. The standard InChI is InChI=1S/C14H11BrFN3S/c15-11-4-2-6-13(8-11)18-14(20)19-17-9-10-3-1-5-12(16)7-10/h1-9H,(H2,18,19,20)/b17-9-. The van der Waals surface area contributed by atoms with Gasteiger partial charge in [-0.1, -0.05) is 34.1 Å². The Bertz CT molecular complexity index is 646. The maximum Gasteiger partial charge on any atom is 0.191 e. The van der Waals surface area contributed by atoms with Crippen LogP contribution in [0.4, 0.5) is 10.1 Å². The van der Waals surface area contributed by atoms with Crippen LogP contribution in [0.5, 0.6) is 0 Å². The lowest BCUT2D eigenvalue weighted by Crippen LogP contribution is -2.23. The number of anilines is 1. The molecule has 0 aliphatic heterocycles. The van der Waals surface area contributed by atoms with Crippen molar-refractivity contribution in [1.29, 1.82) is 0 Å². The van der Waals surface area contributed by atoms with E-state index in [9.17, 15) is 4.39 Å². The molecule has 0 bridgehead atoms. The molecule has 2 N–H and O–H groups in total. The van der Waals surface area contributed by atoms with Gasteiger partial charge in [-0.05, 0) is 48.1 Å². The molecule has 0 radical (unpaired) electrons. The molecule has 102 valence electrons. The summed E-state index contributed by atoms with van der Waals surface area (Å²) in [6, 6.07) is 13.7. The first kappa shape index (κ1) is 14.6. The molecular formula is C14H11BrFN3S. The molecular weight excluding hydrogens is 341 g/mol. The summed E-state index contributed by atoms with van der Waals surface area (Å²) < 4.78 is 13.9. The minimum atomic E-state index is -0.302. The minimum absolute atomic E-state index is 0.302. The van der Waals surface area contributed by atoms with Gasteiger partial charge in [-0.25, -0.2) is 4.39 Å². The topological polar surface area (TPSA) is 36.4 Å². The van der Waals surface area contributed by atoms with Crippen molar-refractivity contribution < 1.29 is 4.39 Å². The Morgan fingerprint density at radius 1 is 1.20 bits per heavy atom. The molecule has 0 atom stereocenters. The van der Waals surface area contributed by atoms with Gasteiger partial charge in [0.15, 0.2) is 5.11 Å². The van der Waals surface area contributed by atoms with Crippen molar-refractivity contribution in [3.8, 4) is 0 Å². The Hall–Kier alpha value is -1.79. The third-order valence-electron chi connectivity index (χ3n) is 2.31. The molecule has 3 nitrogen and oxygen atoms in total. The van der Waals surface area contributed by atoms with Gasteiger partial charge in [-0.3, -0.25) is 5.43 Å². The highest BCUT2D eigenvalue weighted by Crippen LogP contribution is 2.15. The Morgan fingerprint density at radius 3 is 2.75 bits per heavy atom. The average molecular weight is 352 g/mol. The first-order valence-electron chi connectivity index (χ1n) is 5.75. The van der Waals surface area contributed by atoms with Crippen molar-refractivity contribution in [2.24, 2.45) is 5.10 Å². The maximum absolute atomic E-state index is 13.0. The molecule has 0 unspecified atom stereocenters. The summed E-state index contributed by atoms with van der Waals surface area (Å²) in [5.74, 6) is -0.302. The van der Waals surface area contributed by atoms with Crippen LogP contribution in [0.1, 0.15) is 5.56 Å². The van der Waals surface area contributed by atoms with Crippen molar-refractivity contribution in [1.82, 2.24) is 5.43 Å². The van der Waals surface area contributed by atoms with E-state index in [-0.39, 0.29) is 5.82 Å². The number of thiocarbonyl (C=S) groups is 1. The zero-order valence-corrected chi connectivity index (χ0v) is 12.7. The van der Waals surface area contributed by atoms with E-state index in [2.05, 4.69) is 31.8 Å². The van der Waals surface area contributed by atoms with Gasteiger partial charge in [0, 0.05) is 10.2 Å². The summed E-state index contributed by atoms with van der Waals surface area (Å²) in [4.78, 5) is 0. The lowest BCUT2D eigenvalue weighted by atomic mass is 10.2. The molecule has 20 heavy (non-hydrogen) atoms. The number of hydrogen-bond donors (Lipinski definition) is 2. The van der Waals surface area contributed by atoms with Gasteiger partial charge >= 0.3 is 0 Å². The zero-order valence-electron chi connectivity index (χ0n) is 10.3. The number of nitrogens with zero attached hydrogens (tertiary/aromatic N) is 1. The van der Waals surface area contributed by atoms with Crippen LogP contribution in [0.3, 0.4) is 0 Å². The van der Waals surface area contributed by atoms with Crippen LogP contribution in [0.25, 0.3) is 0 Å². The summed E-state index contributed by atoms with van der Waals surface area (Å²) in [5, 5.41) is 7.28. The van der Waals surface area contributed by atoms with Gasteiger partial charge in [0.2, 0.25) is 0 Å². The third-order valence-corrected chi connectivity index (χ3v) is 3.00. The second-order valence-electron chi connectivity index (χ2n) is 3.89. The highest BCUT2D eigenvalue weighted by molar-refractivity contribution is 9.10. The number of halogens is 2.